The van der Waals surface area contributed by atoms with Gasteiger partial charge in [0.15, 0.2) is 0 Å². The maximum absolute atomic E-state index is 5.51. The lowest BCUT2D eigenvalue weighted by atomic mass is 10.1. The Bertz CT molecular complexity index is 359. The van der Waals surface area contributed by atoms with Gasteiger partial charge in [0.05, 0.1) is 6.61 Å². The van der Waals surface area contributed by atoms with Gasteiger partial charge in [0.25, 0.3) is 0 Å². The van der Waals surface area contributed by atoms with Gasteiger partial charge in [0.2, 0.25) is 0 Å². The minimum atomic E-state index is 0.733. The fourth-order valence-electron chi connectivity index (χ4n) is 2.21. The molecule has 1 aromatic carbocycles. The molecule has 0 radical (unpaired) electrons. The standard InChI is InChI=1S/C14H22N2O/c1-3-17-14-5-4-13(12(2)10-14)11-16-8-6-15-7-9-16/h4-5,10,15H,3,6-9,11H2,1-2H3. The summed E-state index contributed by atoms with van der Waals surface area (Å²) in [7, 11) is 0. The Hall–Kier alpha value is -1.06. The van der Waals surface area contributed by atoms with Gasteiger partial charge in [-0.1, -0.05) is 6.07 Å². The lowest BCUT2D eigenvalue weighted by molar-refractivity contribution is 0.232. The Balaban J connectivity index is 2.00. The second-order valence-corrected chi connectivity index (χ2v) is 4.55. The van der Waals surface area contributed by atoms with E-state index in [2.05, 4.69) is 35.3 Å². The Morgan fingerprint density at radius 1 is 1.29 bits per heavy atom. The van der Waals surface area contributed by atoms with Crippen molar-refractivity contribution < 1.29 is 4.74 Å². The van der Waals surface area contributed by atoms with Gasteiger partial charge >= 0.3 is 0 Å². The lowest BCUT2D eigenvalue weighted by Gasteiger charge is -2.27. The van der Waals surface area contributed by atoms with Gasteiger partial charge < -0.3 is 10.1 Å². The molecule has 1 heterocycles. The molecule has 0 spiro atoms. The molecule has 1 fully saturated rings. The maximum atomic E-state index is 5.51. The van der Waals surface area contributed by atoms with Crippen molar-refractivity contribution in [2.45, 2.75) is 20.4 Å². The lowest BCUT2D eigenvalue weighted by Crippen LogP contribution is -2.42. The summed E-state index contributed by atoms with van der Waals surface area (Å²) in [5.74, 6) is 0.981. The Morgan fingerprint density at radius 2 is 2.06 bits per heavy atom. The van der Waals surface area contributed by atoms with Crippen molar-refractivity contribution in [2.75, 3.05) is 32.8 Å². The van der Waals surface area contributed by atoms with Crippen LogP contribution in [0.1, 0.15) is 18.1 Å². The number of hydrogen-bond acceptors (Lipinski definition) is 3. The van der Waals surface area contributed by atoms with Gasteiger partial charge in [-0.05, 0) is 37.1 Å². The zero-order valence-electron chi connectivity index (χ0n) is 10.8. The first-order valence-electron chi connectivity index (χ1n) is 6.45. The second kappa shape index (κ2) is 6.03. The van der Waals surface area contributed by atoms with E-state index in [1.807, 2.05) is 6.92 Å². The van der Waals surface area contributed by atoms with E-state index < -0.39 is 0 Å². The number of nitrogens with zero attached hydrogens (tertiary/aromatic N) is 1. The second-order valence-electron chi connectivity index (χ2n) is 4.55. The number of piperazine rings is 1. The van der Waals surface area contributed by atoms with E-state index in [4.69, 9.17) is 4.74 Å². The quantitative estimate of drug-likeness (QED) is 0.859. The van der Waals surface area contributed by atoms with Crippen LogP contribution in [0.3, 0.4) is 0 Å². The Kier molecular flexibility index (Phi) is 4.40. The van der Waals surface area contributed by atoms with Crippen molar-refractivity contribution in [2.24, 2.45) is 0 Å². The van der Waals surface area contributed by atoms with Crippen molar-refractivity contribution in [3.8, 4) is 5.75 Å². The zero-order chi connectivity index (χ0) is 12.1. The molecule has 3 nitrogen and oxygen atoms in total. The van der Waals surface area contributed by atoms with E-state index in [1.54, 1.807) is 0 Å². The number of hydrogen-bond donors (Lipinski definition) is 1. The van der Waals surface area contributed by atoms with E-state index in [9.17, 15) is 0 Å². The van der Waals surface area contributed by atoms with Crippen LogP contribution in [0.15, 0.2) is 18.2 Å². The fraction of sp³-hybridized carbons (Fsp3) is 0.571. The normalized spacial score (nSPS) is 17.1. The van der Waals surface area contributed by atoms with Crippen LogP contribution in [0, 0.1) is 6.92 Å². The van der Waals surface area contributed by atoms with Crippen molar-refractivity contribution in [1.29, 1.82) is 0 Å². The molecular formula is C14H22N2O. The summed E-state index contributed by atoms with van der Waals surface area (Å²) in [6.45, 7) is 10.5. The van der Waals surface area contributed by atoms with Crippen LogP contribution in [-0.4, -0.2) is 37.7 Å². The van der Waals surface area contributed by atoms with E-state index >= 15 is 0 Å². The first kappa shape index (κ1) is 12.4. The zero-order valence-corrected chi connectivity index (χ0v) is 10.8. The number of rotatable bonds is 4. The number of aryl methyl sites for hydroxylation is 1. The van der Waals surface area contributed by atoms with Crippen LogP contribution in [0.5, 0.6) is 5.75 Å². The molecule has 0 atom stereocenters. The molecule has 2 rings (SSSR count). The minimum Gasteiger partial charge on any atom is -0.494 e. The molecule has 0 amide bonds. The highest BCUT2D eigenvalue weighted by Crippen LogP contribution is 2.18. The molecule has 0 unspecified atom stereocenters. The van der Waals surface area contributed by atoms with E-state index in [-0.39, 0.29) is 0 Å². The van der Waals surface area contributed by atoms with Crippen LogP contribution in [0.2, 0.25) is 0 Å². The topological polar surface area (TPSA) is 24.5 Å². The van der Waals surface area contributed by atoms with E-state index in [0.717, 1.165) is 45.1 Å². The number of nitrogens with one attached hydrogen (secondary N) is 1. The van der Waals surface area contributed by atoms with E-state index in [0.29, 0.717) is 0 Å². The van der Waals surface area contributed by atoms with Crippen molar-refractivity contribution >= 4 is 0 Å². The Labute approximate surface area is 104 Å². The van der Waals surface area contributed by atoms with Crippen molar-refractivity contribution in [3.63, 3.8) is 0 Å². The van der Waals surface area contributed by atoms with Crippen LogP contribution < -0.4 is 10.1 Å². The molecule has 1 aromatic rings. The molecular weight excluding hydrogens is 212 g/mol. The molecule has 94 valence electrons. The monoisotopic (exact) mass is 234 g/mol. The third-order valence-electron chi connectivity index (χ3n) is 3.23. The summed E-state index contributed by atoms with van der Waals surface area (Å²) in [6.07, 6.45) is 0. The summed E-state index contributed by atoms with van der Waals surface area (Å²) in [4.78, 5) is 2.50. The van der Waals surface area contributed by atoms with E-state index in [1.165, 1.54) is 11.1 Å². The average molecular weight is 234 g/mol. The van der Waals surface area contributed by atoms with Crippen LogP contribution in [-0.2, 0) is 6.54 Å². The largest absolute Gasteiger partial charge is 0.494 e. The molecule has 1 N–H and O–H groups in total. The van der Waals surface area contributed by atoms with Crippen molar-refractivity contribution in [3.05, 3.63) is 29.3 Å². The van der Waals surface area contributed by atoms with Gasteiger partial charge in [-0.2, -0.15) is 0 Å². The average Bonchev–Trinajstić information content (AvgIpc) is 2.34. The highest BCUT2D eigenvalue weighted by atomic mass is 16.5. The molecule has 1 saturated heterocycles. The molecule has 0 saturated carbocycles. The summed E-state index contributed by atoms with van der Waals surface area (Å²) in [6, 6.07) is 6.41. The first-order chi connectivity index (χ1) is 8.29. The molecule has 0 aliphatic carbocycles. The summed E-state index contributed by atoms with van der Waals surface area (Å²) >= 11 is 0. The maximum Gasteiger partial charge on any atom is 0.119 e. The highest BCUT2D eigenvalue weighted by Gasteiger charge is 2.11. The van der Waals surface area contributed by atoms with Crippen LogP contribution in [0.4, 0.5) is 0 Å². The van der Waals surface area contributed by atoms with Crippen LogP contribution in [0.25, 0.3) is 0 Å². The highest BCUT2D eigenvalue weighted by molar-refractivity contribution is 5.34. The predicted octanol–water partition coefficient (Wildman–Crippen LogP) is 1.80. The fourth-order valence-corrected chi connectivity index (χ4v) is 2.21. The molecule has 0 bridgehead atoms. The molecule has 0 aromatic heterocycles. The third kappa shape index (κ3) is 3.45. The predicted molar refractivity (Wildman–Crippen MR) is 70.5 cm³/mol. The minimum absolute atomic E-state index is 0.733. The SMILES string of the molecule is CCOc1ccc(CN2CCNCC2)c(C)c1. The molecule has 1 aliphatic heterocycles. The number of ether oxygens (including phenoxy) is 1. The molecule has 3 heteroatoms. The Morgan fingerprint density at radius 3 is 2.71 bits per heavy atom. The van der Waals surface area contributed by atoms with Crippen molar-refractivity contribution in [1.82, 2.24) is 10.2 Å². The summed E-state index contributed by atoms with van der Waals surface area (Å²) in [5, 5.41) is 3.38. The molecule has 17 heavy (non-hydrogen) atoms. The summed E-state index contributed by atoms with van der Waals surface area (Å²) in [5.41, 5.74) is 2.74. The number of benzene rings is 1. The van der Waals surface area contributed by atoms with Gasteiger partial charge in [0.1, 0.15) is 5.75 Å². The molecule has 1 aliphatic rings. The van der Waals surface area contributed by atoms with Gasteiger partial charge in [-0.25, -0.2) is 0 Å². The van der Waals surface area contributed by atoms with Gasteiger partial charge in [-0.15, -0.1) is 0 Å². The van der Waals surface area contributed by atoms with Gasteiger partial charge in [-0.3, -0.25) is 4.90 Å². The first-order valence-corrected chi connectivity index (χ1v) is 6.45. The third-order valence-corrected chi connectivity index (χ3v) is 3.23. The summed E-state index contributed by atoms with van der Waals surface area (Å²) < 4.78 is 5.51. The van der Waals surface area contributed by atoms with Gasteiger partial charge in [0, 0.05) is 32.7 Å². The van der Waals surface area contributed by atoms with Crippen LogP contribution >= 0.6 is 0 Å². The smallest absolute Gasteiger partial charge is 0.119 e.